The number of para-hydroxylation sites is 2. The van der Waals surface area contributed by atoms with Gasteiger partial charge < -0.3 is 9.88 Å². The predicted octanol–water partition coefficient (Wildman–Crippen LogP) is 5.79. The summed E-state index contributed by atoms with van der Waals surface area (Å²) >= 11 is 6.03. The minimum Gasteiger partial charge on any atom is -0.342 e. The van der Waals surface area contributed by atoms with Crippen LogP contribution in [0.15, 0.2) is 78.9 Å². The number of nitrogens with one attached hydrogen (secondary N) is 1. The van der Waals surface area contributed by atoms with Gasteiger partial charge in [-0.2, -0.15) is 0 Å². The summed E-state index contributed by atoms with van der Waals surface area (Å²) in [6.45, 7) is 4.11. The Bertz CT molecular complexity index is 1150. The summed E-state index contributed by atoms with van der Waals surface area (Å²) in [5, 5.41) is 3.60. The topological polar surface area (TPSA) is 46.9 Å². The SMILES string of the molecule is CC(NC(=O)c1cccc(Cl)c1)c1nc2ccccc2n1C(C)c1ccccc1. The lowest BCUT2D eigenvalue weighted by Gasteiger charge is -2.22. The molecule has 0 saturated heterocycles. The molecule has 1 amide bonds. The minimum atomic E-state index is -0.278. The fraction of sp³-hybridized carbons (Fsp3) is 0.167. The first-order valence-electron chi connectivity index (χ1n) is 9.63. The van der Waals surface area contributed by atoms with Gasteiger partial charge in [-0.1, -0.05) is 60.1 Å². The van der Waals surface area contributed by atoms with Gasteiger partial charge >= 0.3 is 0 Å². The second kappa shape index (κ2) is 8.10. The number of hydrogen-bond acceptors (Lipinski definition) is 2. The number of carbonyl (C=O) groups excluding carboxylic acids is 1. The lowest BCUT2D eigenvalue weighted by molar-refractivity contribution is 0.0937. The fourth-order valence-electron chi connectivity index (χ4n) is 3.63. The van der Waals surface area contributed by atoms with Gasteiger partial charge in [0.15, 0.2) is 0 Å². The number of fused-ring (bicyclic) bond motifs is 1. The van der Waals surface area contributed by atoms with Crippen LogP contribution in [0.2, 0.25) is 5.02 Å². The number of hydrogen-bond donors (Lipinski definition) is 1. The molecule has 0 radical (unpaired) electrons. The van der Waals surface area contributed by atoms with E-state index in [2.05, 4.69) is 35.0 Å². The van der Waals surface area contributed by atoms with E-state index in [1.807, 2.05) is 43.3 Å². The molecule has 2 unspecified atom stereocenters. The lowest BCUT2D eigenvalue weighted by atomic mass is 10.1. The summed E-state index contributed by atoms with van der Waals surface area (Å²) in [5.74, 6) is 0.643. The van der Waals surface area contributed by atoms with Crippen molar-refractivity contribution in [3.63, 3.8) is 0 Å². The molecule has 5 heteroatoms. The summed E-state index contributed by atoms with van der Waals surface area (Å²) in [6.07, 6.45) is 0. The van der Waals surface area contributed by atoms with E-state index >= 15 is 0 Å². The summed E-state index contributed by atoms with van der Waals surface area (Å²) < 4.78 is 2.20. The van der Waals surface area contributed by atoms with Gasteiger partial charge in [0.25, 0.3) is 5.91 Å². The van der Waals surface area contributed by atoms with Crippen LogP contribution in [0.25, 0.3) is 11.0 Å². The highest BCUT2D eigenvalue weighted by Gasteiger charge is 2.22. The maximum atomic E-state index is 12.7. The van der Waals surface area contributed by atoms with Crippen molar-refractivity contribution in [3.05, 3.63) is 101 Å². The van der Waals surface area contributed by atoms with E-state index in [0.29, 0.717) is 10.6 Å². The maximum absolute atomic E-state index is 12.7. The Morgan fingerprint density at radius 2 is 1.69 bits per heavy atom. The fourth-order valence-corrected chi connectivity index (χ4v) is 3.82. The molecule has 2 atom stereocenters. The van der Waals surface area contributed by atoms with Crippen LogP contribution >= 0.6 is 11.6 Å². The van der Waals surface area contributed by atoms with Crippen LogP contribution in [-0.4, -0.2) is 15.5 Å². The molecule has 3 aromatic carbocycles. The highest BCUT2D eigenvalue weighted by atomic mass is 35.5. The third-order valence-electron chi connectivity index (χ3n) is 5.11. The highest BCUT2D eigenvalue weighted by molar-refractivity contribution is 6.30. The number of aromatic nitrogens is 2. The average Bonchev–Trinajstić information content (AvgIpc) is 3.13. The standard InChI is InChI=1S/C24H22ClN3O/c1-16(26-24(29)19-11-8-12-20(25)15-19)23-27-21-13-6-7-14-22(21)28(23)17(2)18-9-4-3-5-10-18/h3-17H,1-2H3,(H,26,29). The van der Waals surface area contributed by atoms with E-state index in [0.717, 1.165) is 16.9 Å². The molecule has 0 bridgehead atoms. The van der Waals surface area contributed by atoms with Crippen LogP contribution < -0.4 is 5.32 Å². The van der Waals surface area contributed by atoms with Gasteiger partial charge in [0.2, 0.25) is 0 Å². The van der Waals surface area contributed by atoms with Gasteiger partial charge in [0.1, 0.15) is 5.82 Å². The smallest absolute Gasteiger partial charge is 0.251 e. The summed E-state index contributed by atoms with van der Waals surface area (Å²) in [6, 6.07) is 25.1. The molecule has 1 aromatic heterocycles. The molecule has 4 aromatic rings. The Morgan fingerprint density at radius 1 is 0.966 bits per heavy atom. The Hall–Kier alpha value is -3.11. The molecular weight excluding hydrogens is 382 g/mol. The Balaban J connectivity index is 1.72. The Kier molecular flexibility index (Phi) is 5.36. The average molecular weight is 404 g/mol. The molecule has 1 N–H and O–H groups in total. The number of carbonyl (C=O) groups is 1. The van der Waals surface area contributed by atoms with Crippen molar-refractivity contribution in [1.82, 2.24) is 14.9 Å². The molecule has 146 valence electrons. The van der Waals surface area contributed by atoms with Crippen LogP contribution in [0.4, 0.5) is 0 Å². The maximum Gasteiger partial charge on any atom is 0.251 e. The zero-order chi connectivity index (χ0) is 20.4. The molecule has 0 fully saturated rings. The monoisotopic (exact) mass is 403 g/mol. The number of imidazole rings is 1. The molecule has 0 saturated carbocycles. The van der Waals surface area contributed by atoms with E-state index in [1.165, 1.54) is 5.56 Å². The van der Waals surface area contributed by atoms with Crippen LogP contribution in [0.3, 0.4) is 0 Å². The lowest BCUT2D eigenvalue weighted by Crippen LogP contribution is -2.29. The van der Waals surface area contributed by atoms with Crippen LogP contribution in [0.5, 0.6) is 0 Å². The van der Waals surface area contributed by atoms with Crippen molar-refractivity contribution < 1.29 is 4.79 Å². The molecule has 29 heavy (non-hydrogen) atoms. The van der Waals surface area contributed by atoms with Crippen LogP contribution in [0.1, 0.15) is 47.7 Å². The van der Waals surface area contributed by atoms with Crippen molar-refractivity contribution >= 4 is 28.5 Å². The molecule has 4 nitrogen and oxygen atoms in total. The first kappa shape index (κ1) is 19.2. The van der Waals surface area contributed by atoms with Crippen molar-refractivity contribution in [3.8, 4) is 0 Å². The van der Waals surface area contributed by atoms with Gasteiger partial charge in [0, 0.05) is 10.6 Å². The third-order valence-corrected chi connectivity index (χ3v) is 5.35. The summed E-state index contributed by atoms with van der Waals surface area (Å²) in [4.78, 5) is 17.6. The number of benzene rings is 3. The van der Waals surface area contributed by atoms with Gasteiger partial charge in [-0.3, -0.25) is 4.79 Å². The molecule has 4 rings (SSSR count). The second-order valence-corrected chi connectivity index (χ2v) is 7.56. The van der Waals surface area contributed by atoms with Crippen molar-refractivity contribution in [2.24, 2.45) is 0 Å². The number of rotatable bonds is 5. The zero-order valence-electron chi connectivity index (χ0n) is 16.3. The van der Waals surface area contributed by atoms with Crippen LogP contribution in [-0.2, 0) is 0 Å². The van der Waals surface area contributed by atoms with Crippen LogP contribution in [0, 0.1) is 0 Å². The molecule has 1 heterocycles. The quantitative estimate of drug-likeness (QED) is 0.458. The van der Waals surface area contributed by atoms with E-state index in [9.17, 15) is 4.79 Å². The first-order chi connectivity index (χ1) is 14.0. The zero-order valence-corrected chi connectivity index (χ0v) is 17.1. The number of halogens is 1. The molecule has 0 spiro atoms. The Morgan fingerprint density at radius 3 is 2.45 bits per heavy atom. The van der Waals surface area contributed by atoms with Gasteiger partial charge in [-0.05, 0) is 49.7 Å². The first-order valence-corrected chi connectivity index (χ1v) is 10.0. The number of nitrogens with zero attached hydrogens (tertiary/aromatic N) is 2. The minimum absolute atomic E-state index is 0.0733. The van der Waals surface area contributed by atoms with Gasteiger partial charge in [-0.15, -0.1) is 0 Å². The third kappa shape index (κ3) is 3.89. The van der Waals surface area contributed by atoms with E-state index in [1.54, 1.807) is 24.3 Å². The highest BCUT2D eigenvalue weighted by Crippen LogP contribution is 2.29. The Labute approximate surface area is 175 Å². The summed E-state index contributed by atoms with van der Waals surface area (Å²) in [5.41, 5.74) is 3.67. The number of amides is 1. The van der Waals surface area contributed by atoms with Gasteiger partial charge in [-0.25, -0.2) is 4.98 Å². The predicted molar refractivity (Wildman–Crippen MR) is 117 cm³/mol. The van der Waals surface area contributed by atoms with E-state index in [-0.39, 0.29) is 18.0 Å². The largest absolute Gasteiger partial charge is 0.342 e. The van der Waals surface area contributed by atoms with Crippen molar-refractivity contribution in [2.45, 2.75) is 25.9 Å². The second-order valence-electron chi connectivity index (χ2n) is 7.12. The van der Waals surface area contributed by atoms with Crippen molar-refractivity contribution in [1.29, 1.82) is 0 Å². The van der Waals surface area contributed by atoms with Crippen molar-refractivity contribution in [2.75, 3.05) is 0 Å². The molecule has 0 aliphatic heterocycles. The van der Waals surface area contributed by atoms with Gasteiger partial charge in [0.05, 0.1) is 23.1 Å². The van der Waals surface area contributed by atoms with E-state index < -0.39 is 0 Å². The normalized spacial score (nSPS) is 13.2. The van der Waals surface area contributed by atoms with E-state index in [4.69, 9.17) is 16.6 Å². The summed E-state index contributed by atoms with van der Waals surface area (Å²) in [7, 11) is 0. The molecular formula is C24H22ClN3O. The molecule has 0 aliphatic rings. The molecule has 0 aliphatic carbocycles.